The minimum absolute atomic E-state index is 0.414. The van der Waals surface area contributed by atoms with Gasteiger partial charge in [-0.3, -0.25) is 0 Å². The quantitative estimate of drug-likeness (QED) is 0.940. The Bertz CT molecular complexity index is 508. The first kappa shape index (κ1) is 12.2. The lowest BCUT2D eigenvalue weighted by Gasteiger charge is -2.03. The van der Waals surface area contributed by atoms with Crippen LogP contribution in [0.1, 0.15) is 17.1 Å². The first-order chi connectivity index (χ1) is 8.19. The first-order valence-electron chi connectivity index (χ1n) is 5.35. The average molecular weight is 296 g/mol. The maximum atomic E-state index is 5.62. The van der Waals surface area contributed by atoms with Gasteiger partial charge >= 0.3 is 0 Å². The maximum absolute atomic E-state index is 5.62. The number of rotatable bonds is 4. The van der Waals surface area contributed by atoms with Gasteiger partial charge in [-0.2, -0.15) is 0 Å². The van der Waals surface area contributed by atoms with E-state index in [0.29, 0.717) is 13.2 Å². The number of hydrogen-bond donors (Lipinski definition) is 1. The van der Waals surface area contributed by atoms with Crippen LogP contribution in [0.5, 0.6) is 5.75 Å². The van der Waals surface area contributed by atoms with Crippen molar-refractivity contribution in [3.63, 3.8) is 0 Å². The van der Waals surface area contributed by atoms with E-state index in [4.69, 9.17) is 14.9 Å². The lowest BCUT2D eigenvalue weighted by molar-refractivity contribution is 0.267. The lowest BCUT2D eigenvalue weighted by Crippen LogP contribution is -1.96. The van der Waals surface area contributed by atoms with Crippen LogP contribution in [0.15, 0.2) is 39.2 Å². The van der Waals surface area contributed by atoms with Gasteiger partial charge in [0.05, 0.1) is 0 Å². The summed E-state index contributed by atoms with van der Waals surface area (Å²) in [6.45, 7) is 2.81. The second-order valence-electron chi connectivity index (χ2n) is 3.74. The second-order valence-corrected chi connectivity index (χ2v) is 4.66. The van der Waals surface area contributed by atoms with Gasteiger partial charge in [0.2, 0.25) is 0 Å². The number of nitrogens with two attached hydrogens (primary N) is 1. The van der Waals surface area contributed by atoms with Gasteiger partial charge in [-0.1, -0.05) is 22.0 Å². The molecule has 4 heteroatoms. The Kier molecular flexibility index (Phi) is 3.86. The summed E-state index contributed by atoms with van der Waals surface area (Å²) in [5.41, 5.74) is 6.61. The second kappa shape index (κ2) is 5.38. The molecule has 0 aliphatic rings. The van der Waals surface area contributed by atoms with Gasteiger partial charge in [-0.05, 0) is 31.2 Å². The molecule has 0 spiro atoms. The molecule has 0 aliphatic heterocycles. The zero-order valence-corrected chi connectivity index (χ0v) is 11.2. The smallest absolute Gasteiger partial charge is 0.146 e. The third-order valence-electron chi connectivity index (χ3n) is 2.47. The molecule has 0 atom stereocenters. The Morgan fingerprint density at radius 3 is 2.82 bits per heavy atom. The molecule has 0 saturated heterocycles. The van der Waals surface area contributed by atoms with Crippen molar-refractivity contribution in [1.29, 1.82) is 0 Å². The molecular weight excluding hydrogens is 282 g/mol. The van der Waals surface area contributed by atoms with E-state index in [-0.39, 0.29) is 0 Å². The van der Waals surface area contributed by atoms with E-state index in [1.165, 1.54) is 0 Å². The summed E-state index contributed by atoms with van der Waals surface area (Å²) >= 11 is 3.40. The normalized spacial score (nSPS) is 10.5. The third-order valence-corrected chi connectivity index (χ3v) is 2.96. The van der Waals surface area contributed by atoms with Crippen LogP contribution in [-0.2, 0) is 13.2 Å². The summed E-state index contributed by atoms with van der Waals surface area (Å²) in [6, 6.07) is 9.64. The number of ether oxygens (including phenoxy) is 1. The molecule has 1 aromatic carbocycles. The van der Waals surface area contributed by atoms with Gasteiger partial charge in [0.15, 0.2) is 0 Å². The fraction of sp³-hybridized carbons (Fsp3) is 0.231. The number of halogens is 1. The summed E-state index contributed by atoms with van der Waals surface area (Å²) in [7, 11) is 0. The predicted octanol–water partition coefficient (Wildman–Crippen LogP) is 3.39. The highest BCUT2D eigenvalue weighted by molar-refractivity contribution is 9.10. The maximum Gasteiger partial charge on any atom is 0.146 e. The fourth-order valence-corrected chi connectivity index (χ4v) is 1.95. The van der Waals surface area contributed by atoms with E-state index in [0.717, 1.165) is 27.3 Å². The van der Waals surface area contributed by atoms with Gasteiger partial charge in [-0.25, -0.2) is 0 Å². The summed E-state index contributed by atoms with van der Waals surface area (Å²) < 4.78 is 12.2. The molecular formula is C13H14BrNO2. The predicted molar refractivity (Wildman–Crippen MR) is 69.8 cm³/mol. The average Bonchev–Trinajstić information content (AvgIpc) is 2.67. The van der Waals surface area contributed by atoms with Gasteiger partial charge < -0.3 is 14.9 Å². The highest BCUT2D eigenvalue weighted by Crippen LogP contribution is 2.20. The van der Waals surface area contributed by atoms with Crippen LogP contribution >= 0.6 is 15.9 Å². The molecule has 2 aromatic rings. The Hall–Kier alpha value is -1.26. The van der Waals surface area contributed by atoms with Crippen LogP contribution in [-0.4, -0.2) is 0 Å². The molecule has 0 amide bonds. The topological polar surface area (TPSA) is 48.4 Å². The zero-order valence-electron chi connectivity index (χ0n) is 9.57. The van der Waals surface area contributed by atoms with E-state index in [9.17, 15) is 0 Å². The van der Waals surface area contributed by atoms with Crippen LogP contribution in [0.25, 0.3) is 0 Å². The Morgan fingerprint density at radius 2 is 2.18 bits per heavy atom. The molecule has 90 valence electrons. The molecule has 1 aromatic heterocycles. The molecule has 1 heterocycles. The highest BCUT2D eigenvalue weighted by atomic mass is 79.9. The molecule has 0 bridgehead atoms. The van der Waals surface area contributed by atoms with E-state index in [1.807, 2.05) is 37.3 Å². The zero-order chi connectivity index (χ0) is 12.3. The summed E-state index contributed by atoms with van der Waals surface area (Å²) in [5.74, 6) is 2.46. The molecule has 0 aliphatic carbocycles. The number of furan rings is 1. The van der Waals surface area contributed by atoms with Crippen molar-refractivity contribution < 1.29 is 9.15 Å². The molecule has 0 saturated carbocycles. The van der Waals surface area contributed by atoms with E-state index < -0.39 is 0 Å². The van der Waals surface area contributed by atoms with Gasteiger partial charge in [0.25, 0.3) is 0 Å². The van der Waals surface area contributed by atoms with Crippen molar-refractivity contribution in [2.24, 2.45) is 5.73 Å². The molecule has 2 N–H and O–H groups in total. The SMILES string of the molecule is Cc1oc(COc2cccc(Br)c2)cc1CN. The molecule has 0 radical (unpaired) electrons. The number of aryl methyl sites for hydroxylation is 1. The lowest BCUT2D eigenvalue weighted by atomic mass is 10.2. The summed E-state index contributed by atoms with van der Waals surface area (Å²) in [6.07, 6.45) is 0. The standard InChI is InChI=1S/C13H14BrNO2/c1-9-10(7-15)5-13(17-9)8-16-12-4-2-3-11(14)6-12/h2-6H,7-8,15H2,1H3. The Morgan fingerprint density at radius 1 is 1.35 bits per heavy atom. The molecule has 17 heavy (non-hydrogen) atoms. The Balaban J connectivity index is 2.02. The molecule has 0 unspecified atom stereocenters. The van der Waals surface area contributed by atoms with Crippen LogP contribution in [0.2, 0.25) is 0 Å². The number of hydrogen-bond acceptors (Lipinski definition) is 3. The monoisotopic (exact) mass is 295 g/mol. The van der Waals surface area contributed by atoms with Crippen molar-refractivity contribution in [2.75, 3.05) is 0 Å². The van der Waals surface area contributed by atoms with Crippen LogP contribution < -0.4 is 10.5 Å². The summed E-state index contributed by atoms with van der Waals surface area (Å²) in [5, 5.41) is 0. The van der Waals surface area contributed by atoms with Gasteiger partial charge in [0.1, 0.15) is 23.9 Å². The Labute approximate surface area is 109 Å². The minimum Gasteiger partial charge on any atom is -0.486 e. The molecule has 2 rings (SSSR count). The molecule has 3 nitrogen and oxygen atoms in total. The van der Waals surface area contributed by atoms with Crippen LogP contribution in [0, 0.1) is 6.92 Å². The van der Waals surface area contributed by atoms with Crippen LogP contribution in [0.3, 0.4) is 0 Å². The molecule has 0 fully saturated rings. The van der Waals surface area contributed by atoms with E-state index >= 15 is 0 Å². The van der Waals surface area contributed by atoms with Crippen molar-refractivity contribution in [3.8, 4) is 5.75 Å². The minimum atomic E-state index is 0.414. The van der Waals surface area contributed by atoms with Gasteiger partial charge in [-0.15, -0.1) is 0 Å². The van der Waals surface area contributed by atoms with Gasteiger partial charge in [0, 0.05) is 16.6 Å². The van der Waals surface area contributed by atoms with Crippen molar-refractivity contribution in [2.45, 2.75) is 20.1 Å². The highest BCUT2D eigenvalue weighted by Gasteiger charge is 2.06. The third kappa shape index (κ3) is 3.11. The van der Waals surface area contributed by atoms with Crippen molar-refractivity contribution >= 4 is 15.9 Å². The van der Waals surface area contributed by atoms with E-state index in [1.54, 1.807) is 0 Å². The first-order valence-corrected chi connectivity index (χ1v) is 6.15. The van der Waals surface area contributed by atoms with Crippen LogP contribution in [0.4, 0.5) is 0 Å². The van der Waals surface area contributed by atoms with Crippen molar-refractivity contribution in [3.05, 3.63) is 51.9 Å². The fourth-order valence-electron chi connectivity index (χ4n) is 1.57. The van der Waals surface area contributed by atoms with Crippen molar-refractivity contribution in [1.82, 2.24) is 0 Å². The number of benzene rings is 1. The van der Waals surface area contributed by atoms with E-state index in [2.05, 4.69) is 15.9 Å². The largest absolute Gasteiger partial charge is 0.486 e. The summed E-state index contributed by atoms with van der Waals surface area (Å²) in [4.78, 5) is 0.